The summed E-state index contributed by atoms with van der Waals surface area (Å²) in [5, 5.41) is 0. The summed E-state index contributed by atoms with van der Waals surface area (Å²) < 4.78 is 69.8. The zero-order valence-electron chi connectivity index (χ0n) is 18.3. The highest BCUT2D eigenvalue weighted by atomic mass is 32.2. The van der Waals surface area contributed by atoms with Gasteiger partial charge in [-0.1, -0.05) is 12.1 Å². The molecule has 1 aliphatic heterocycles. The lowest BCUT2D eigenvalue weighted by molar-refractivity contribution is -0.00261. The molecule has 1 saturated heterocycles. The molecule has 0 amide bonds. The quantitative estimate of drug-likeness (QED) is 0.655. The number of aryl methyl sites for hydroxylation is 1. The number of ether oxygens (including phenoxy) is 1. The van der Waals surface area contributed by atoms with Gasteiger partial charge in [0.15, 0.2) is 19.7 Å². The third-order valence-corrected chi connectivity index (χ3v) is 9.50. The van der Waals surface area contributed by atoms with E-state index in [1.165, 1.54) is 38.2 Å². The molecule has 170 valence electrons. The highest BCUT2D eigenvalue weighted by molar-refractivity contribution is 7.92. The fourth-order valence-corrected chi connectivity index (χ4v) is 6.27. The topological polar surface area (TPSA) is 90.4 Å². The molecule has 31 heavy (non-hydrogen) atoms. The zero-order valence-corrected chi connectivity index (χ0v) is 20.0. The molecular weight excluding hydrogens is 441 g/mol. The lowest BCUT2D eigenvalue weighted by Gasteiger charge is -2.38. The van der Waals surface area contributed by atoms with Crippen LogP contribution >= 0.6 is 0 Å². The molecule has 0 saturated carbocycles. The van der Waals surface area contributed by atoms with Crippen LogP contribution in [0.3, 0.4) is 0 Å². The van der Waals surface area contributed by atoms with Gasteiger partial charge in [-0.25, -0.2) is 21.2 Å². The second kappa shape index (κ2) is 7.94. The molecule has 1 fully saturated rings. The summed E-state index contributed by atoms with van der Waals surface area (Å²) in [6, 6.07) is 7.54. The Balaban J connectivity index is 1.97. The van der Waals surface area contributed by atoms with Crippen LogP contribution < -0.4 is 0 Å². The van der Waals surface area contributed by atoms with Gasteiger partial charge in [-0.2, -0.15) is 0 Å². The monoisotopic (exact) mass is 469 g/mol. The molecule has 2 atom stereocenters. The van der Waals surface area contributed by atoms with Crippen LogP contribution in [0.25, 0.3) is 0 Å². The summed E-state index contributed by atoms with van der Waals surface area (Å²) in [4.78, 5) is 4.47. The Bertz CT molecular complexity index is 1200. The second-order valence-electron chi connectivity index (χ2n) is 8.91. The highest BCUT2D eigenvalue weighted by Gasteiger charge is 2.46. The molecular formula is C22H28FNO5S2. The van der Waals surface area contributed by atoms with Crippen molar-refractivity contribution in [2.75, 3.05) is 12.9 Å². The van der Waals surface area contributed by atoms with Crippen LogP contribution in [0.5, 0.6) is 0 Å². The smallest absolute Gasteiger partial charge is 0.184 e. The van der Waals surface area contributed by atoms with Crippen molar-refractivity contribution in [2.24, 2.45) is 0 Å². The normalized spacial score (nSPS) is 23.0. The van der Waals surface area contributed by atoms with Gasteiger partial charge in [-0.05, 0) is 69.9 Å². The molecule has 1 aromatic heterocycles. The van der Waals surface area contributed by atoms with Gasteiger partial charge in [0.2, 0.25) is 0 Å². The van der Waals surface area contributed by atoms with Crippen LogP contribution in [-0.4, -0.2) is 39.4 Å². The van der Waals surface area contributed by atoms with E-state index in [9.17, 15) is 21.2 Å². The molecule has 1 aliphatic rings. The molecule has 2 heterocycles. The highest BCUT2D eigenvalue weighted by Crippen LogP contribution is 2.42. The molecule has 6 nitrogen and oxygen atoms in total. The summed E-state index contributed by atoms with van der Waals surface area (Å²) in [6.07, 6.45) is 2.23. The molecule has 0 aliphatic carbocycles. The van der Waals surface area contributed by atoms with Gasteiger partial charge in [0.05, 0.1) is 20.2 Å². The van der Waals surface area contributed by atoms with Crippen molar-refractivity contribution in [1.29, 1.82) is 0 Å². The molecule has 0 N–H and O–H groups in total. The van der Waals surface area contributed by atoms with Crippen molar-refractivity contribution in [3.8, 4) is 0 Å². The van der Waals surface area contributed by atoms with Crippen molar-refractivity contribution in [3.63, 3.8) is 0 Å². The Morgan fingerprint density at radius 3 is 2.42 bits per heavy atom. The standard InChI is InChI=1S/C22H28FNO5S2/c1-15-11-18(30(5,25)26)14-24-20(15)19-13-22(4,9-10-29-19)31(27,28)17-8-6-7-16(12-17)21(2,3)23/h6-8,11-12,14,19H,9-10,13H2,1-5H3. The maximum atomic E-state index is 14.4. The van der Waals surface area contributed by atoms with Crippen molar-refractivity contribution in [2.45, 2.75) is 66.8 Å². The van der Waals surface area contributed by atoms with Crippen molar-refractivity contribution in [3.05, 3.63) is 53.3 Å². The predicted octanol–water partition coefficient (Wildman–Crippen LogP) is 4.08. The summed E-state index contributed by atoms with van der Waals surface area (Å²) in [5.74, 6) is 0. The summed E-state index contributed by atoms with van der Waals surface area (Å²) in [6.45, 7) is 6.39. The number of rotatable bonds is 5. The fourth-order valence-electron chi connectivity index (χ4n) is 3.81. The van der Waals surface area contributed by atoms with E-state index >= 15 is 0 Å². The maximum absolute atomic E-state index is 14.4. The van der Waals surface area contributed by atoms with Gasteiger partial charge in [0.25, 0.3) is 0 Å². The van der Waals surface area contributed by atoms with E-state index in [4.69, 9.17) is 4.74 Å². The van der Waals surface area contributed by atoms with Gasteiger partial charge in [-0.3, -0.25) is 4.98 Å². The van der Waals surface area contributed by atoms with Gasteiger partial charge in [-0.15, -0.1) is 0 Å². The Kier molecular flexibility index (Phi) is 6.10. The average molecular weight is 470 g/mol. The van der Waals surface area contributed by atoms with E-state index in [1.54, 1.807) is 26.0 Å². The van der Waals surface area contributed by atoms with Crippen LogP contribution in [0.4, 0.5) is 4.39 Å². The van der Waals surface area contributed by atoms with E-state index in [1.807, 2.05) is 0 Å². The van der Waals surface area contributed by atoms with Gasteiger partial charge in [0, 0.05) is 19.1 Å². The van der Waals surface area contributed by atoms with E-state index in [0.29, 0.717) is 16.8 Å². The number of aromatic nitrogens is 1. The van der Waals surface area contributed by atoms with Crippen LogP contribution in [0.15, 0.2) is 46.3 Å². The van der Waals surface area contributed by atoms with Crippen molar-refractivity contribution >= 4 is 19.7 Å². The SMILES string of the molecule is Cc1cc(S(C)(=O)=O)cnc1C1CC(C)(S(=O)(=O)c2cccc(C(C)(C)F)c2)CCO1. The Hall–Kier alpha value is -1.84. The van der Waals surface area contributed by atoms with Gasteiger partial charge < -0.3 is 4.74 Å². The van der Waals surface area contributed by atoms with Gasteiger partial charge >= 0.3 is 0 Å². The Morgan fingerprint density at radius 1 is 1.16 bits per heavy atom. The van der Waals surface area contributed by atoms with Gasteiger partial charge in [0.1, 0.15) is 11.8 Å². The summed E-state index contributed by atoms with van der Waals surface area (Å²) in [7, 11) is -7.20. The molecule has 2 aromatic rings. The first-order valence-electron chi connectivity index (χ1n) is 9.97. The average Bonchev–Trinajstić information content (AvgIpc) is 2.66. The van der Waals surface area contributed by atoms with Crippen molar-refractivity contribution in [1.82, 2.24) is 4.98 Å². The minimum absolute atomic E-state index is 0.0796. The third-order valence-electron chi connectivity index (χ3n) is 5.87. The number of benzene rings is 1. The largest absolute Gasteiger partial charge is 0.372 e. The first-order chi connectivity index (χ1) is 14.1. The maximum Gasteiger partial charge on any atom is 0.184 e. The predicted molar refractivity (Wildman–Crippen MR) is 116 cm³/mol. The molecule has 0 radical (unpaired) electrons. The minimum atomic E-state index is -3.80. The second-order valence-corrected chi connectivity index (χ2v) is 13.4. The molecule has 1 aromatic carbocycles. The Labute approximate surface area is 183 Å². The molecule has 2 unspecified atom stereocenters. The summed E-state index contributed by atoms with van der Waals surface area (Å²) >= 11 is 0. The number of hydrogen-bond donors (Lipinski definition) is 0. The van der Waals surface area contributed by atoms with E-state index < -0.39 is 36.2 Å². The lowest BCUT2D eigenvalue weighted by atomic mass is 9.93. The first kappa shape index (κ1) is 23.8. The molecule has 3 rings (SSSR count). The number of sulfone groups is 2. The van der Waals surface area contributed by atoms with E-state index in [-0.39, 0.29) is 29.2 Å². The van der Waals surface area contributed by atoms with Crippen LogP contribution in [0.1, 0.15) is 56.5 Å². The third kappa shape index (κ3) is 4.68. The van der Waals surface area contributed by atoms with Crippen LogP contribution in [0, 0.1) is 6.92 Å². The number of hydrogen-bond acceptors (Lipinski definition) is 6. The van der Waals surface area contributed by atoms with Crippen LogP contribution in [-0.2, 0) is 30.1 Å². The minimum Gasteiger partial charge on any atom is -0.372 e. The summed E-state index contributed by atoms with van der Waals surface area (Å²) in [5.41, 5.74) is -0.217. The zero-order chi connectivity index (χ0) is 23.2. The number of nitrogens with zero attached hydrogens (tertiary/aromatic N) is 1. The van der Waals surface area contributed by atoms with Crippen molar-refractivity contribution < 1.29 is 26.0 Å². The molecule has 9 heteroatoms. The van der Waals surface area contributed by atoms with Crippen LogP contribution in [0.2, 0.25) is 0 Å². The number of alkyl halides is 1. The van der Waals surface area contributed by atoms with E-state index in [0.717, 1.165) is 6.26 Å². The number of halogens is 1. The Morgan fingerprint density at radius 2 is 1.84 bits per heavy atom. The molecule has 0 spiro atoms. The number of pyridine rings is 1. The first-order valence-corrected chi connectivity index (χ1v) is 13.3. The molecule has 0 bridgehead atoms. The fraction of sp³-hybridized carbons (Fsp3) is 0.500. The lowest BCUT2D eigenvalue weighted by Crippen LogP contribution is -2.42. The van der Waals surface area contributed by atoms with E-state index in [2.05, 4.69) is 4.98 Å².